The summed E-state index contributed by atoms with van der Waals surface area (Å²) in [6.07, 6.45) is 0.948. The molecule has 9 heteroatoms. The molecular formula is C23H28N6O3. The second kappa shape index (κ2) is 9.04. The van der Waals surface area contributed by atoms with Crippen LogP contribution in [0.4, 0.5) is 5.69 Å². The molecule has 168 valence electrons. The lowest BCUT2D eigenvalue weighted by Gasteiger charge is -2.39. The first kappa shape index (κ1) is 20.6. The maximum atomic E-state index is 5.51. The van der Waals surface area contributed by atoms with Gasteiger partial charge in [0.15, 0.2) is 17.3 Å². The molecule has 2 aliphatic rings. The van der Waals surface area contributed by atoms with Gasteiger partial charge in [-0.05, 0) is 58.8 Å². The van der Waals surface area contributed by atoms with Crippen LogP contribution in [0.25, 0.3) is 0 Å². The molecule has 2 aromatic carbocycles. The summed E-state index contributed by atoms with van der Waals surface area (Å²) < 4.78 is 18.1. The lowest BCUT2D eigenvalue weighted by atomic mass is 10.1. The van der Waals surface area contributed by atoms with E-state index in [4.69, 9.17) is 14.2 Å². The molecule has 1 atom stereocenters. The summed E-state index contributed by atoms with van der Waals surface area (Å²) >= 11 is 0. The van der Waals surface area contributed by atoms with Crippen LogP contribution in [0.1, 0.15) is 30.8 Å². The molecule has 9 nitrogen and oxygen atoms in total. The molecule has 0 radical (unpaired) electrons. The first-order valence-corrected chi connectivity index (χ1v) is 11.0. The number of hydrogen-bond acceptors (Lipinski definition) is 8. The van der Waals surface area contributed by atoms with E-state index >= 15 is 0 Å². The highest BCUT2D eigenvalue weighted by Gasteiger charge is 2.28. The van der Waals surface area contributed by atoms with Crippen LogP contribution in [0.5, 0.6) is 17.2 Å². The van der Waals surface area contributed by atoms with E-state index in [0.717, 1.165) is 61.2 Å². The molecule has 0 amide bonds. The number of anilines is 1. The molecule has 1 saturated heterocycles. The fourth-order valence-corrected chi connectivity index (χ4v) is 4.46. The molecule has 0 N–H and O–H groups in total. The largest absolute Gasteiger partial charge is 0.497 e. The minimum Gasteiger partial charge on any atom is -0.497 e. The number of aromatic nitrogens is 4. The summed E-state index contributed by atoms with van der Waals surface area (Å²) in [5.41, 5.74) is 2.31. The summed E-state index contributed by atoms with van der Waals surface area (Å²) in [6.45, 7) is 6.92. The molecule has 0 saturated carbocycles. The zero-order chi connectivity index (χ0) is 21.9. The Morgan fingerprint density at radius 3 is 2.53 bits per heavy atom. The van der Waals surface area contributed by atoms with Crippen molar-refractivity contribution in [3.63, 3.8) is 0 Å². The van der Waals surface area contributed by atoms with Crippen LogP contribution in [0, 0.1) is 0 Å². The van der Waals surface area contributed by atoms with Gasteiger partial charge in [0, 0.05) is 31.9 Å². The van der Waals surface area contributed by atoms with E-state index in [9.17, 15) is 0 Å². The van der Waals surface area contributed by atoms with Gasteiger partial charge in [-0.1, -0.05) is 13.0 Å². The number of fused-ring (bicyclic) bond motifs is 1. The summed E-state index contributed by atoms with van der Waals surface area (Å²) in [5.74, 6) is 3.35. The molecule has 1 aromatic heterocycles. The van der Waals surface area contributed by atoms with E-state index in [1.54, 1.807) is 7.11 Å². The Hall–Kier alpha value is -3.33. The Bertz CT molecular complexity index is 1050. The average molecular weight is 437 g/mol. The van der Waals surface area contributed by atoms with Crippen molar-refractivity contribution in [2.75, 3.05) is 45.0 Å². The zero-order valence-corrected chi connectivity index (χ0v) is 18.5. The normalized spacial score (nSPS) is 16.9. The first-order valence-electron chi connectivity index (χ1n) is 11.0. The molecular weight excluding hydrogens is 408 g/mol. The number of tetrazole rings is 1. The molecule has 0 aliphatic carbocycles. The molecule has 3 heterocycles. The highest BCUT2D eigenvalue weighted by Crippen LogP contribution is 2.33. The van der Waals surface area contributed by atoms with E-state index in [0.29, 0.717) is 6.54 Å². The number of piperazine rings is 1. The van der Waals surface area contributed by atoms with Gasteiger partial charge < -0.3 is 19.1 Å². The van der Waals surface area contributed by atoms with Gasteiger partial charge in [-0.15, -0.1) is 5.10 Å². The van der Waals surface area contributed by atoms with Crippen LogP contribution >= 0.6 is 0 Å². The Morgan fingerprint density at radius 1 is 1.00 bits per heavy atom. The quantitative estimate of drug-likeness (QED) is 0.560. The van der Waals surface area contributed by atoms with Crippen molar-refractivity contribution >= 4 is 5.69 Å². The van der Waals surface area contributed by atoms with Crippen LogP contribution in [-0.2, 0) is 6.54 Å². The average Bonchev–Trinajstić information content (AvgIpc) is 3.50. The number of hydrogen-bond donors (Lipinski definition) is 0. The highest BCUT2D eigenvalue weighted by molar-refractivity contribution is 5.49. The number of rotatable bonds is 7. The second-order valence-corrected chi connectivity index (χ2v) is 8.03. The third kappa shape index (κ3) is 4.08. The summed E-state index contributed by atoms with van der Waals surface area (Å²) in [6, 6.07) is 14.4. The minimum atomic E-state index is 0.178. The molecule has 5 rings (SSSR count). The Kier molecular flexibility index (Phi) is 5.81. The summed E-state index contributed by atoms with van der Waals surface area (Å²) in [7, 11) is 1.69. The minimum absolute atomic E-state index is 0.178. The summed E-state index contributed by atoms with van der Waals surface area (Å²) in [5, 5.41) is 12.7. The van der Waals surface area contributed by atoms with Crippen LogP contribution in [-0.4, -0.2) is 65.2 Å². The second-order valence-electron chi connectivity index (χ2n) is 8.03. The predicted octanol–water partition coefficient (Wildman–Crippen LogP) is 2.73. The Balaban J connectivity index is 1.26. The van der Waals surface area contributed by atoms with Crippen molar-refractivity contribution in [3.05, 3.63) is 53.9 Å². The smallest absolute Gasteiger partial charge is 0.231 e. The van der Waals surface area contributed by atoms with Crippen molar-refractivity contribution < 1.29 is 14.2 Å². The van der Waals surface area contributed by atoms with Gasteiger partial charge in [0.25, 0.3) is 0 Å². The van der Waals surface area contributed by atoms with Crippen molar-refractivity contribution in [2.45, 2.75) is 25.9 Å². The third-order valence-electron chi connectivity index (χ3n) is 6.21. The van der Waals surface area contributed by atoms with E-state index < -0.39 is 0 Å². The SMILES string of the molecule is CC[C@H](c1nnnn1Cc1ccc2c(c1)OCO2)N1CCN(c2ccc(OC)cc2)CC1. The van der Waals surface area contributed by atoms with Crippen LogP contribution < -0.4 is 19.1 Å². The van der Waals surface area contributed by atoms with E-state index in [1.807, 2.05) is 35.0 Å². The molecule has 0 spiro atoms. The molecule has 3 aromatic rings. The van der Waals surface area contributed by atoms with Gasteiger partial charge in [-0.25, -0.2) is 4.68 Å². The maximum Gasteiger partial charge on any atom is 0.231 e. The third-order valence-corrected chi connectivity index (χ3v) is 6.21. The predicted molar refractivity (Wildman–Crippen MR) is 119 cm³/mol. The fraction of sp³-hybridized carbons (Fsp3) is 0.435. The maximum absolute atomic E-state index is 5.51. The molecule has 0 bridgehead atoms. The van der Waals surface area contributed by atoms with Crippen LogP contribution in [0.2, 0.25) is 0 Å². The topological polar surface area (TPSA) is 77.8 Å². The van der Waals surface area contributed by atoms with Gasteiger partial charge in [0.1, 0.15) is 5.75 Å². The van der Waals surface area contributed by atoms with Crippen LogP contribution in [0.3, 0.4) is 0 Å². The van der Waals surface area contributed by atoms with Crippen molar-refractivity contribution in [1.29, 1.82) is 0 Å². The van der Waals surface area contributed by atoms with Gasteiger partial charge in [0.2, 0.25) is 6.79 Å². The monoisotopic (exact) mass is 436 g/mol. The number of benzene rings is 2. The standard InChI is InChI=1S/C23H28N6O3/c1-3-20(28-12-10-27(11-13-28)18-5-7-19(30-2)8-6-18)23-24-25-26-29(23)15-17-4-9-21-22(14-17)32-16-31-21/h4-9,14,20H,3,10-13,15-16H2,1-2H3/t20-/m1/s1. The zero-order valence-electron chi connectivity index (χ0n) is 18.5. The van der Waals surface area contributed by atoms with Gasteiger partial charge in [-0.3, -0.25) is 4.90 Å². The summed E-state index contributed by atoms with van der Waals surface area (Å²) in [4.78, 5) is 4.90. The fourth-order valence-electron chi connectivity index (χ4n) is 4.46. The van der Waals surface area contributed by atoms with Crippen molar-refractivity contribution in [1.82, 2.24) is 25.1 Å². The molecule has 0 unspecified atom stereocenters. The Morgan fingerprint density at radius 2 is 1.78 bits per heavy atom. The first-order chi connectivity index (χ1) is 15.7. The lowest BCUT2D eigenvalue weighted by molar-refractivity contribution is 0.169. The van der Waals surface area contributed by atoms with Gasteiger partial charge >= 0.3 is 0 Å². The molecule has 2 aliphatic heterocycles. The van der Waals surface area contributed by atoms with E-state index in [-0.39, 0.29) is 12.8 Å². The van der Waals surface area contributed by atoms with Gasteiger partial charge in [-0.2, -0.15) is 0 Å². The molecule has 1 fully saturated rings. The molecule has 32 heavy (non-hydrogen) atoms. The number of ether oxygens (including phenoxy) is 3. The van der Waals surface area contributed by atoms with Crippen molar-refractivity contribution in [3.8, 4) is 17.2 Å². The number of nitrogens with zero attached hydrogens (tertiary/aromatic N) is 6. The van der Waals surface area contributed by atoms with E-state index in [2.05, 4.69) is 44.4 Å². The lowest BCUT2D eigenvalue weighted by Crippen LogP contribution is -2.48. The van der Waals surface area contributed by atoms with Gasteiger partial charge in [0.05, 0.1) is 19.7 Å². The van der Waals surface area contributed by atoms with Crippen molar-refractivity contribution in [2.24, 2.45) is 0 Å². The van der Waals surface area contributed by atoms with Crippen LogP contribution in [0.15, 0.2) is 42.5 Å². The number of methoxy groups -OCH3 is 1. The van der Waals surface area contributed by atoms with E-state index in [1.165, 1.54) is 5.69 Å². The highest BCUT2D eigenvalue weighted by atomic mass is 16.7. The Labute approximate surface area is 187 Å².